The summed E-state index contributed by atoms with van der Waals surface area (Å²) in [7, 11) is -0.281. The smallest absolute Gasteiger partial charge is 0.437 e. The average molecular weight is 449 g/mol. The lowest BCUT2D eigenvalue weighted by Crippen LogP contribution is -2.42. The highest BCUT2D eigenvalue weighted by Gasteiger charge is 2.63. The van der Waals surface area contributed by atoms with Crippen molar-refractivity contribution in [2.75, 3.05) is 21.3 Å². The van der Waals surface area contributed by atoms with Crippen LogP contribution in [-0.4, -0.2) is 42.6 Å². The molecule has 3 rings (SSSR count). The van der Waals surface area contributed by atoms with Crippen molar-refractivity contribution in [3.8, 4) is 0 Å². The number of esters is 1. The predicted octanol–water partition coefficient (Wildman–Crippen LogP) is 4.37. The lowest BCUT2D eigenvalue weighted by atomic mass is 9.93. The summed E-state index contributed by atoms with van der Waals surface area (Å²) in [6.07, 6.45) is -0.214. The van der Waals surface area contributed by atoms with Gasteiger partial charge in [0.25, 0.3) is 0 Å². The first-order valence-electron chi connectivity index (χ1n) is 9.24. The molecule has 2 atom stereocenters. The van der Waals surface area contributed by atoms with Crippen molar-refractivity contribution in [2.45, 2.75) is 29.0 Å². The van der Waals surface area contributed by atoms with Crippen molar-refractivity contribution in [1.82, 2.24) is 4.67 Å². The molecule has 2 aromatic rings. The normalized spacial score (nSPS) is 21.7. The summed E-state index contributed by atoms with van der Waals surface area (Å²) >= 11 is 1.22. The summed E-state index contributed by atoms with van der Waals surface area (Å²) < 4.78 is 28.5. The third-order valence-corrected chi connectivity index (χ3v) is 8.36. The van der Waals surface area contributed by atoms with Crippen LogP contribution in [0, 0.1) is 6.92 Å². The molecule has 1 heterocycles. The maximum atomic E-state index is 13.3. The van der Waals surface area contributed by atoms with Crippen molar-refractivity contribution < 1.29 is 27.9 Å². The average Bonchev–Trinajstić information content (AvgIpc) is 3.08. The number of carbonyl (C=O) groups excluding carboxylic acids is 2. The van der Waals surface area contributed by atoms with Gasteiger partial charge in [0.1, 0.15) is 0 Å². The molecule has 1 aliphatic heterocycles. The maximum Gasteiger partial charge on any atom is 0.437 e. The molecule has 0 spiro atoms. The van der Waals surface area contributed by atoms with Gasteiger partial charge < -0.3 is 4.74 Å². The van der Waals surface area contributed by atoms with Crippen LogP contribution in [-0.2, 0) is 27.9 Å². The number of rotatable bonds is 7. The first kappa shape index (κ1) is 22.6. The van der Waals surface area contributed by atoms with Gasteiger partial charge in [0, 0.05) is 19.1 Å². The summed E-state index contributed by atoms with van der Waals surface area (Å²) in [5.41, 5.74) is 1.70. The van der Waals surface area contributed by atoms with Gasteiger partial charge in [-0.25, -0.2) is 9.24 Å². The molecular formula is C21H24NO6PS. The molecule has 0 aliphatic carbocycles. The summed E-state index contributed by atoms with van der Waals surface area (Å²) in [6.45, 7) is 1.96. The van der Waals surface area contributed by atoms with Crippen LogP contribution < -0.4 is 0 Å². The zero-order valence-electron chi connectivity index (χ0n) is 17.2. The molecule has 2 aromatic carbocycles. The summed E-state index contributed by atoms with van der Waals surface area (Å²) in [5.74, 6) is -1.10. The quantitative estimate of drug-likeness (QED) is 0.458. The van der Waals surface area contributed by atoms with E-state index in [2.05, 4.69) is 0 Å². The number of methoxy groups -OCH3 is 1. The Bertz CT molecular complexity index is 959. The number of hydrogen-bond acceptors (Lipinski definition) is 7. The van der Waals surface area contributed by atoms with E-state index in [0.29, 0.717) is 5.56 Å². The Labute approximate surface area is 180 Å². The Hall–Kier alpha value is -2.12. The molecule has 30 heavy (non-hydrogen) atoms. The van der Waals surface area contributed by atoms with Gasteiger partial charge in [-0.3, -0.25) is 18.6 Å². The summed E-state index contributed by atoms with van der Waals surface area (Å²) in [5, 5.41) is 0. The molecular weight excluding hydrogens is 425 g/mol. The number of aryl methyl sites for hydroxylation is 1. The maximum absolute atomic E-state index is 13.3. The molecule has 0 unspecified atom stereocenters. The SMILES string of the molecule is COC(=O)[C@@]1(Sc2ccc(C)cc2)CC(=O)N(P(=O)(OC)OC)[C@@H]1c1ccccc1. The van der Waals surface area contributed by atoms with Crippen LogP contribution >= 0.6 is 19.5 Å². The number of nitrogens with zero attached hydrogens (tertiary/aromatic N) is 1. The molecule has 0 N–H and O–H groups in total. The number of carbonyl (C=O) groups is 2. The fourth-order valence-corrected chi connectivity index (χ4v) is 6.57. The Kier molecular flexibility index (Phi) is 6.72. The van der Waals surface area contributed by atoms with E-state index in [9.17, 15) is 14.2 Å². The van der Waals surface area contributed by atoms with Gasteiger partial charge in [0.05, 0.1) is 19.6 Å². The monoisotopic (exact) mass is 449 g/mol. The van der Waals surface area contributed by atoms with E-state index in [1.165, 1.54) is 33.1 Å². The third kappa shape index (κ3) is 3.93. The van der Waals surface area contributed by atoms with Crippen molar-refractivity contribution in [2.24, 2.45) is 0 Å². The zero-order chi connectivity index (χ0) is 21.9. The molecule has 0 aromatic heterocycles. The van der Waals surface area contributed by atoms with E-state index in [-0.39, 0.29) is 6.42 Å². The van der Waals surface area contributed by atoms with Crippen LogP contribution in [0.5, 0.6) is 0 Å². The second-order valence-electron chi connectivity index (χ2n) is 6.86. The molecule has 0 radical (unpaired) electrons. The highest BCUT2D eigenvalue weighted by molar-refractivity contribution is 8.01. The Morgan fingerprint density at radius 2 is 1.67 bits per heavy atom. The number of ether oxygens (including phenoxy) is 1. The fourth-order valence-electron chi connectivity index (χ4n) is 3.62. The van der Waals surface area contributed by atoms with Crippen LogP contribution in [0.25, 0.3) is 0 Å². The molecule has 7 nitrogen and oxygen atoms in total. The topological polar surface area (TPSA) is 82.1 Å². The van der Waals surface area contributed by atoms with Crippen LogP contribution in [0.4, 0.5) is 0 Å². The van der Waals surface area contributed by atoms with Crippen LogP contribution in [0.1, 0.15) is 23.6 Å². The minimum absolute atomic E-state index is 0.214. The fraction of sp³-hybridized carbons (Fsp3) is 0.333. The molecule has 0 bridgehead atoms. The van der Waals surface area contributed by atoms with Gasteiger partial charge >= 0.3 is 13.7 Å². The summed E-state index contributed by atoms with van der Waals surface area (Å²) in [4.78, 5) is 27.2. The van der Waals surface area contributed by atoms with Crippen LogP contribution in [0.15, 0.2) is 59.5 Å². The third-order valence-electron chi connectivity index (χ3n) is 5.05. The second kappa shape index (κ2) is 8.94. The largest absolute Gasteiger partial charge is 0.468 e. The zero-order valence-corrected chi connectivity index (χ0v) is 18.9. The van der Waals surface area contributed by atoms with E-state index in [1.807, 2.05) is 37.3 Å². The van der Waals surface area contributed by atoms with Gasteiger partial charge in [0.15, 0.2) is 4.75 Å². The van der Waals surface area contributed by atoms with E-state index in [1.54, 1.807) is 24.3 Å². The standard InChI is InChI=1S/C21H24NO6PS/c1-15-10-12-17(13-11-15)30-21(20(24)26-2)14-18(23)22(29(25,27-3)28-4)19(21)16-8-6-5-7-9-16/h5-13,19H,14H2,1-4H3/t19-,21-/m1/s1. The number of thioether (sulfide) groups is 1. The van der Waals surface area contributed by atoms with Crippen molar-refractivity contribution in [3.05, 3.63) is 65.7 Å². The van der Waals surface area contributed by atoms with Gasteiger partial charge in [-0.15, -0.1) is 11.8 Å². The minimum atomic E-state index is -3.99. The van der Waals surface area contributed by atoms with Crippen molar-refractivity contribution >= 4 is 31.4 Å². The van der Waals surface area contributed by atoms with E-state index in [0.717, 1.165) is 15.1 Å². The number of amides is 1. The Morgan fingerprint density at radius 3 is 2.20 bits per heavy atom. The number of hydrogen-bond donors (Lipinski definition) is 0. The number of benzene rings is 2. The van der Waals surface area contributed by atoms with Crippen molar-refractivity contribution in [1.29, 1.82) is 0 Å². The Morgan fingerprint density at radius 1 is 1.07 bits per heavy atom. The lowest BCUT2D eigenvalue weighted by molar-refractivity contribution is -0.144. The molecule has 1 saturated heterocycles. The second-order valence-corrected chi connectivity index (χ2v) is 10.4. The predicted molar refractivity (Wildman–Crippen MR) is 114 cm³/mol. The molecule has 1 amide bonds. The Balaban J connectivity index is 2.22. The van der Waals surface area contributed by atoms with E-state index >= 15 is 0 Å². The molecule has 160 valence electrons. The van der Waals surface area contributed by atoms with E-state index in [4.69, 9.17) is 13.8 Å². The lowest BCUT2D eigenvalue weighted by Gasteiger charge is -2.36. The van der Waals surface area contributed by atoms with Gasteiger partial charge in [0.2, 0.25) is 5.91 Å². The van der Waals surface area contributed by atoms with Gasteiger partial charge in [-0.05, 0) is 24.6 Å². The summed E-state index contributed by atoms with van der Waals surface area (Å²) in [6, 6.07) is 15.7. The van der Waals surface area contributed by atoms with Crippen LogP contribution in [0.2, 0.25) is 0 Å². The van der Waals surface area contributed by atoms with Crippen LogP contribution in [0.3, 0.4) is 0 Å². The van der Waals surface area contributed by atoms with Crippen molar-refractivity contribution in [3.63, 3.8) is 0 Å². The van der Waals surface area contributed by atoms with Gasteiger partial charge in [-0.1, -0.05) is 48.0 Å². The minimum Gasteiger partial charge on any atom is -0.468 e. The van der Waals surface area contributed by atoms with E-state index < -0.39 is 30.4 Å². The van der Waals surface area contributed by atoms with Gasteiger partial charge in [-0.2, -0.15) is 0 Å². The molecule has 0 saturated carbocycles. The molecule has 9 heteroatoms. The molecule has 1 fully saturated rings. The first-order chi connectivity index (χ1) is 14.3. The highest BCUT2D eigenvalue weighted by Crippen LogP contribution is 2.64. The highest BCUT2D eigenvalue weighted by atomic mass is 32.2. The first-order valence-corrected chi connectivity index (χ1v) is 11.6. The molecule has 1 aliphatic rings.